The molecule has 132 valence electrons. The molecule has 25 heavy (non-hydrogen) atoms. The molecule has 0 unspecified atom stereocenters. The van der Waals surface area contributed by atoms with Gasteiger partial charge in [0.05, 0.1) is 18.3 Å². The van der Waals surface area contributed by atoms with Crippen LogP contribution in [-0.4, -0.2) is 29.0 Å². The Labute approximate surface area is 148 Å². The SMILES string of the molecule is OC[C@@H]1[C@@H]([C@@H](O)c2ccccc2OCc2ccccc2)[C@@H]2CC[C@H]1O2. The third-order valence-corrected chi connectivity index (χ3v) is 5.54. The molecular weight excluding hydrogens is 316 g/mol. The molecule has 2 aromatic carbocycles. The van der Waals surface area contributed by atoms with E-state index in [1.54, 1.807) is 0 Å². The van der Waals surface area contributed by atoms with Crippen LogP contribution in [0.3, 0.4) is 0 Å². The van der Waals surface area contributed by atoms with Crippen molar-refractivity contribution in [3.63, 3.8) is 0 Å². The van der Waals surface area contributed by atoms with Gasteiger partial charge < -0.3 is 19.7 Å². The molecule has 2 aliphatic heterocycles. The minimum atomic E-state index is -0.695. The number of aliphatic hydroxyl groups is 2. The summed E-state index contributed by atoms with van der Waals surface area (Å²) in [5.74, 6) is 0.611. The van der Waals surface area contributed by atoms with Crippen molar-refractivity contribution < 1.29 is 19.7 Å². The molecule has 0 radical (unpaired) electrons. The zero-order valence-corrected chi connectivity index (χ0v) is 14.1. The van der Waals surface area contributed by atoms with Gasteiger partial charge >= 0.3 is 0 Å². The van der Waals surface area contributed by atoms with Crippen LogP contribution in [0.25, 0.3) is 0 Å². The predicted octanol–water partition coefficient (Wildman–Crippen LogP) is 3.08. The van der Waals surface area contributed by atoms with Crippen molar-refractivity contribution in [1.82, 2.24) is 0 Å². The number of aliphatic hydroxyl groups excluding tert-OH is 2. The van der Waals surface area contributed by atoms with Crippen molar-refractivity contribution in [3.05, 3.63) is 65.7 Å². The molecule has 2 N–H and O–H groups in total. The van der Waals surface area contributed by atoms with Crippen LogP contribution in [-0.2, 0) is 11.3 Å². The molecule has 2 bridgehead atoms. The lowest BCUT2D eigenvalue weighted by Crippen LogP contribution is -2.34. The molecule has 2 aromatic rings. The van der Waals surface area contributed by atoms with E-state index in [0.717, 1.165) is 24.0 Å². The molecule has 4 nitrogen and oxygen atoms in total. The molecule has 2 heterocycles. The Morgan fingerprint density at radius 1 is 1.00 bits per heavy atom. The van der Waals surface area contributed by atoms with Crippen LogP contribution >= 0.6 is 0 Å². The normalized spacial score (nSPS) is 28.9. The summed E-state index contributed by atoms with van der Waals surface area (Å²) >= 11 is 0. The monoisotopic (exact) mass is 340 g/mol. The third kappa shape index (κ3) is 3.17. The summed E-state index contributed by atoms with van der Waals surface area (Å²) in [4.78, 5) is 0. The van der Waals surface area contributed by atoms with Gasteiger partial charge in [0.15, 0.2) is 0 Å². The van der Waals surface area contributed by atoms with Crippen molar-refractivity contribution in [3.8, 4) is 5.75 Å². The summed E-state index contributed by atoms with van der Waals surface area (Å²) in [5, 5.41) is 20.8. The highest BCUT2D eigenvalue weighted by Crippen LogP contribution is 2.49. The van der Waals surface area contributed by atoms with E-state index in [-0.39, 0.29) is 30.7 Å². The van der Waals surface area contributed by atoms with Crippen molar-refractivity contribution in [2.75, 3.05) is 6.61 Å². The Morgan fingerprint density at radius 2 is 1.72 bits per heavy atom. The number of fused-ring (bicyclic) bond motifs is 2. The van der Waals surface area contributed by atoms with Gasteiger partial charge in [0.2, 0.25) is 0 Å². The Balaban J connectivity index is 1.54. The van der Waals surface area contributed by atoms with Crippen molar-refractivity contribution in [1.29, 1.82) is 0 Å². The van der Waals surface area contributed by atoms with Crippen LogP contribution in [0.4, 0.5) is 0 Å². The maximum atomic E-state index is 11.1. The summed E-state index contributed by atoms with van der Waals surface area (Å²) < 4.78 is 11.9. The minimum absolute atomic E-state index is 0.00377. The van der Waals surface area contributed by atoms with Crippen molar-refractivity contribution >= 4 is 0 Å². The molecule has 0 aliphatic carbocycles. The van der Waals surface area contributed by atoms with Crippen LogP contribution in [0, 0.1) is 11.8 Å². The van der Waals surface area contributed by atoms with Gasteiger partial charge in [-0.15, -0.1) is 0 Å². The van der Waals surface area contributed by atoms with E-state index in [1.165, 1.54) is 0 Å². The lowest BCUT2D eigenvalue weighted by molar-refractivity contribution is 0.0285. The van der Waals surface area contributed by atoms with Gasteiger partial charge in [-0.25, -0.2) is 0 Å². The average molecular weight is 340 g/mol. The fourth-order valence-corrected chi connectivity index (χ4v) is 4.29. The van der Waals surface area contributed by atoms with Gasteiger partial charge in [-0.3, -0.25) is 0 Å². The summed E-state index contributed by atoms with van der Waals surface area (Å²) in [5.41, 5.74) is 1.86. The van der Waals surface area contributed by atoms with Gasteiger partial charge in [-0.2, -0.15) is 0 Å². The summed E-state index contributed by atoms with van der Waals surface area (Å²) in [6, 6.07) is 17.6. The highest BCUT2D eigenvalue weighted by Gasteiger charge is 2.51. The molecular formula is C21H24O4. The van der Waals surface area contributed by atoms with Gasteiger partial charge in [0.25, 0.3) is 0 Å². The molecule has 0 amide bonds. The third-order valence-electron chi connectivity index (χ3n) is 5.54. The van der Waals surface area contributed by atoms with Gasteiger partial charge in [0.1, 0.15) is 12.4 Å². The Hall–Kier alpha value is -1.88. The van der Waals surface area contributed by atoms with Crippen LogP contribution in [0.15, 0.2) is 54.6 Å². The van der Waals surface area contributed by atoms with Crippen molar-refractivity contribution in [2.24, 2.45) is 11.8 Å². The molecule has 0 aromatic heterocycles. The summed E-state index contributed by atoms with van der Waals surface area (Å²) in [6.45, 7) is 0.511. The van der Waals surface area contributed by atoms with E-state index in [0.29, 0.717) is 12.4 Å². The number of rotatable bonds is 6. The lowest BCUT2D eigenvalue weighted by Gasteiger charge is -2.31. The smallest absolute Gasteiger partial charge is 0.125 e. The first-order valence-corrected chi connectivity index (χ1v) is 8.98. The van der Waals surface area contributed by atoms with E-state index in [4.69, 9.17) is 9.47 Å². The highest BCUT2D eigenvalue weighted by molar-refractivity contribution is 5.36. The molecule has 5 atom stereocenters. The Kier molecular flexibility index (Phi) is 4.75. The topological polar surface area (TPSA) is 58.9 Å². The quantitative estimate of drug-likeness (QED) is 0.848. The first-order valence-electron chi connectivity index (χ1n) is 8.98. The standard InChI is InChI=1S/C21H24O4/c22-12-16-18-10-11-19(25-18)20(16)21(23)15-8-4-5-9-17(15)24-13-14-6-2-1-3-7-14/h1-9,16,18-23H,10-13H2/t16-,18+,19-,20+,21-/m0/s1. The Morgan fingerprint density at radius 3 is 2.52 bits per heavy atom. The number of ether oxygens (including phenoxy) is 2. The Bertz CT molecular complexity index is 702. The van der Waals surface area contributed by atoms with Gasteiger partial charge in [-0.1, -0.05) is 48.5 Å². The van der Waals surface area contributed by atoms with E-state index in [9.17, 15) is 10.2 Å². The van der Waals surface area contributed by atoms with Crippen molar-refractivity contribution in [2.45, 2.75) is 37.8 Å². The van der Waals surface area contributed by atoms with E-state index < -0.39 is 6.10 Å². The van der Waals surface area contributed by atoms with E-state index in [1.807, 2.05) is 54.6 Å². The van der Waals surface area contributed by atoms with Crippen LogP contribution in [0.2, 0.25) is 0 Å². The van der Waals surface area contributed by atoms with E-state index in [2.05, 4.69) is 0 Å². The largest absolute Gasteiger partial charge is 0.489 e. The second kappa shape index (κ2) is 7.16. The fourth-order valence-electron chi connectivity index (χ4n) is 4.29. The average Bonchev–Trinajstić information content (AvgIpc) is 3.28. The van der Waals surface area contributed by atoms with Gasteiger partial charge in [0, 0.05) is 24.0 Å². The van der Waals surface area contributed by atoms with Crippen LogP contribution in [0.1, 0.15) is 30.1 Å². The fraction of sp³-hybridized carbons (Fsp3) is 0.429. The minimum Gasteiger partial charge on any atom is -0.489 e. The number of benzene rings is 2. The maximum Gasteiger partial charge on any atom is 0.125 e. The molecule has 0 saturated carbocycles. The van der Waals surface area contributed by atoms with Gasteiger partial charge in [-0.05, 0) is 24.5 Å². The zero-order chi connectivity index (χ0) is 17.2. The lowest BCUT2D eigenvalue weighted by atomic mass is 9.75. The molecule has 2 saturated heterocycles. The first kappa shape index (κ1) is 16.6. The predicted molar refractivity (Wildman–Crippen MR) is 94.1 cm³/mol. The van der Waals surface area contributed by atoms with Crippen LogP contribution < -0.4 is 4.74 Å². The second-order valence-corrected chi connectivity index (χ2v) is 6.97. The number of para-hydroxylation sites is 1. The van der Waals surface area contributed by atoms with Crippen LogP contribution in [0.5, 0.6) is 5.75 Å². The molecule has 0 spiro atoms. The first-order chi connectivity index (χ1) is 12.3. The number of hydrogen-bond donors (Lipinski definition) is 2. The zero-order valence-electron chi connectivity index (χ0n) is 14.1. The maximum absolute atomic E-state index is 11.1. The second-order valence-electron chi connectivity index (χ2n) is 6.97. The summed E-state index contributed by atoms with van der Waals surface area (Å²) in [7, 11) is 0. The molecule has 2 aliphatic rings. The summed E-state index contributed by atoms with van der Waals surface area (Å²) in [6.07, 6.45) is 1.34. The molecule has 4 heteroatoms. The molecule has 4 rings (SSSR count). The number of hydrogen-bond acceptors (Lipinski definition) is 4. The molecule has 2 fully saturated rings. The van der Waals surface area contributed by atoms with E-state index >= 15 is 0 Å². The highest BCUT2D eigenvalue weighted by atomic mass is 16.5.